The maximum absolute atomic E-state index is 8.25. The molecule has 19 heavy (non-hydrogen) atoms. The van der Waals surface area contributed by atoms with Crippen LogP contribution in [0.2, 0.25) is 0 Å². The van der Waals surface area contributed by atoms with E-state index in [9.17, 15) is 0 Å². The zero-order valence-electron chi connectivity index (χ0n) is 10.5. The maximum atomic E-state index is 8.25. The van der Waals surface area contributed by atoms with Crippen LogP contribution in [-0.2, 0) is 6.42 Å². The van der Waals surface area contributed by atoms with Gasteiger partial charge in [0.25, 0.3) is 0 Å². The summed E-state index contributed by atoms with van der Waals surface area (Å²) in [7, 11) is 0. The monoisotopic (exact) mass is 262 g/mol. The molecule has 0 aromatic heterocycles. The highest BCUT2D eigenvalue weighted by Crippen LogP contribution is 2.32. The first-order valence-electron chi connectivity index (χ1n) is 6.36. The summed E-state index contributed by atoms with van der Waals surface area (Å²) in [5.74, 6) is 1.76. The number of nitrogens with one attached hydrogen (secondary N) is 1. The Morgan fingerprint density at radius 2 is 2.05 bits per heavy atom. The van der Waals surface area contributed by atoms with Gasteiger partial charge in [0.2, 0.25) is 0 Å². The molecule has 0 spiro atoms. The average molecular weight is 262 g/mol. The van der Waals surface area contributed by atoms with Crippen LogP contribution in [0.15, 0.2) is 29.3 Å². The van der Waals surface area contributed by atoms with Crippen LogP contribution in [0.4, 0.5) is 0 Å². The number of benzene rings is 1. The molecule has 0 amide bonds. The van der Waals surface area contributed by atoms with E-state index in [0.717, 1.165) is 13.1 Å². The van der Waals surface area contributed by atoms with Crippen LogP contribution < -0.4 is 5.32 Å². The third-order valence-electron chi connectivity index (χ3n) is 3.40. The molecule has 1 aliphatic carbocycles. The van der Waals surface area contributed by atoms with Gasteiger partial charge in [-0.2, -0.15) is 0 Å². The lowest BCUT2D eigenvalue weighted by Gasteiger charge is -2.25. The van der Waals surface area contributed by atoms with E-state index in [0.29, 0.717) is 5.92 Å². The Hall–Kier alpha value is -2.11. The fourth-order valence-electron chi connectivity index (χ4n) is 2.69. The first-order chi connectivity index (χ1) is 9.18. The highest BCUT2D eigenvalue weighted by molar-refractivity contribution is 5.90. The fraction of sp³-hybridized carbons (Fsp3) is 0.462. The number of nitrogens with zero attached hydrogens (tertiary/aromatic N) is 2. The molecule has 3 rings (SSSR count). The molecule has 1 N–H and O–H groups in total. The molecule has 2 aliphatic rings. The molecule has 0 saturated carbocycles. The van der Waals surface area contributed by atoms with Gasteiger partial charge in [0.1, 0.15) is 5.84 Å². The molecule has 1 aromatic carbocycles. The molecule has 1 unspecified atom stereocenters. The molecule has 1 heterocycles. The van der Waals surface area contributed by atoms with Gasteiger partial charge in [-0.05, 0) is 30.4 Å². The normalized spacial score (nSPS) is 20.4. The number of amidine groups is 1. The van der Waals surface area contributed by atoms with Crippen molar-refractivity contribution in [3.63, 3.8) is 0 Å². The molecule has 6 heteroatoms. The molecule has 0 bridgehead atoms. The van der Waals surface area contributed by atoms with Crippen LogP contribution in [0.1, 0.15) is 29.9 Å². The molecular weight excluding hydrogens is 246 g/mol. The summed E-state index contributed by atoms with van der Waals surface area (Å²) in [5, 5.41) is 18.2. The lowest BCUT2D eigenvalue weighted by molar-refractivity contribution is -0.402. The predicted molar refractivity (Wildman–Crippen MR) is 72.8 cm³/mol. The molecule has 1 atom stereocenters. The van der Waals surface area contributed by atoms with Crippen molar-refractivity contribution >= 4 is 5.84 Å². The topological polar surface area (TPSA) is 90.6 Å². The van der Waals surface area contributed by atoms with E-state index in [1.807, 2.05) is 0 Å². The number of aryl methyl sites for hydroxylation is 1. The molecular formula is C13H16N3O3-. The zero-order valence-corrected chi connectivity index (χ0v) is 10.5. The van der Waals surface area contributed by atoms with E-state index in [1.165, 1.54) is 36.2 Å². The third kappa shape index (κ3) is 3.43. The van der Waals surface area contributed by atoms with Crippen LogP contribution in [0.5, 0.6) is 0 Å². The second kappa shape index (κ2) is 6.17. The summed E-state index contributed by atoms with van der Waals surface area (Å²) in [4.78, 5) is 12.8. The Kier molecular flexibility index (Phi) is 4.33. The van der Waals surface area contributed by atoms with Crippen molar-refractivity contribution in [2.45, 2.75) is 25.2 Å². The minimum absolute atomic E-state index is 0.539. The number of aliphatic imine (C=N–C) groups is 1. The zero-order chi connectivity index (χ0) is 13.7. The Bertz CT molecular complexity index is 484. The fourth-order valence-corrected chi connectivity index (χ4v) is 2.69. The first kappa shape index (κ1) is 13.3. The number of hydrogen-bond donors (Lipinski definition) is 1. The summed E-state index contributed by atoms with van der Waals surface area (Å²) in [5.41, 5.74) is 3.02. The smallest absolute Gasteiger partial charge is 0.104 e. The quantitative estimate of drug-likeness (QED) is 0.617. The molecule has 102 valence electrons. The lowest BCUT2D eigenvalue weighted by Crippen LogP contribution is -2.28. The first-order valence-corrected chi connectivity index (χ1v) is 6.36. The van der Waals surface area contributed by atoms with Crippen molar-refractivity contribution < 1.29 is 5.09 Å². The SMILES string of the molecule is O=[N+]([O-])[O-].c1ccc2c(c1)CCCC2C1=NCCN1. The second-order valence-electron chi connectivity index (χ2n) is 4.56. The van der Waals surface area contributed by atoms with E-state index < -0.39 is 5.09 Å². The van der Waals surface area contributed by atoms with Crippen molar-refractivity contribution in [3.8, 4) is 0 Å². The van der Waals surface area contributed by atoms with Gasteiger partial charge in [-0.1, -0.05) is 24.3 Å². The Morgan fingerprint density at radius 1 is 1.32 bits per heavy atom. The van der Waals surface area contributed by atoms with Crippen molar-refractivity contribution in [2.24, 2.45) is 4.99 Å². The lowest BCUT2D eigenvalue weighted by atomic mass is 9.82. The highest BCUT2D eigenvalue weighted by atomic mass is 16.9. The van der Waals surface area contributed by atoms with Crippen LogP contribution >= 0.6 is 0 Å². The highest BCUT2D eigenvalue weighted by Gasteiger charge is 2.25. The van der Waals surface area contributed by atoms with Gasteiger partial charge < -0.3 is 20.6 Å². The molecule has 0 fully saturated rings. The summed E-state index contributed by atoms with van der Waals surface area (Å²) in [6.45, 7) is 1.97. The minimum atomic E-state index is -1.75. The van der Waals surface area contributed by atoms with Crippen molar-refractivity contribution in [1.82, 2.24) is 5.32 Å². The van der Waals surface area contributed by atoms with E-state index >= 15 is 0 Å². The van der Waals surface area contributed by atoms with Gasteiger partial charge in [-0.25, -0.2) is 0 Å². The van der Waals surface area contributed by atoms with Crippen molar-refractivity contribution in [1.29, 1.82) is 0 Å². The third-order valence-corrected chi connectivity index (χ3v) is 3.40. The molecule has 1 aromatic rings. The Balaban J connectivity index is 0.000000297. The molecule has 1 aliphatic heterocycles. The number of rotatable bonds is 1. The molecule has 6 nitrogen and oxygen atoms in total. The van der Waals surface area contributed by atoms with Gasteiger partial charge in [-0.3, -0.25) is 4.99 Å². The van der Waals surface area contributed by atoms with Gasteiger partial charge in [-0.15, -0.1) is 0 Å². The Morgan fingerprint density at radius 3 is 2.74 bits per heavy atom. The number of hydrogen-bond acceptors (Lipinski definition) is 5. The molecule has 0 radical (unpaired) electrons. The summed E-state index contributed by atoms with van der Waals surface area (Å²) >= 11 is 0. The van der Waals surface area contributed by atoms with E-state index in [1.54, 1.807) is 0 Å². The van der Waals surface area contributed by atoms with E-state index in [2.05, 4.69) is 34.6 Å². The van der Waals surface area contributed by atoms with Gasteiger partial charge in [0, 0.05) is 12.5 Å². The number of fused-ring (bicyclic) bond motifs is 1. The Labute approximate surface area is 111 Å². The van der Waals surface area contributed by atoms with Gasteiger partial charge >= 0.3 is 0 Å². The van der Waals surface area contributed by atoms with Crippen LogP contribution in [0, 0.1) is 15.3 Å². The van der Waals surface area contributed by atoms with Crippen molar-refractivity contribution in [3.05, 3.63) is 50.7 Å². The maximum Gasteiger partial charge on any atom is 0.104 e. The van der Waals surface area contributed by atoms with E-state index in [4.69, 9.17) is 15.3 Å². The summed E-state index contributed by atoms with van der Waals surface area (Å²) in [6, 6.07) is 8.82. The summed E-state index contributed by atoms with van der Waals surface area (Å²) < 4.78 is 0. The van der Waals surface area contributed by atoms with Gasteiger partial charge in [0.15, 0.2) is 0 Å². The van der Waals surface area contributed by atoms with Crippen LogP contribution in [0.3, 0.4) is 0 Å². The summed E-state index contributed by atoms with van der Waals surface area (Å²) in [6.07, 6.45) is 3.78. The van der Waals surface area contributed by atoms with Crippen LogP contribution in [0.25, 0.3) is 0 Å². The molecule has 0 saturated heterocycles. The van der Waals surface area contributed by atoms with Gasteiger partial charge in [0.05, 0.1) is 11.6 Å². The van der Waals surface area contributed by atoms with Crippen LogP contribution in [-0.4, -0.2) is 24.0 Å². The average Bonchev–Trinajstić information content (AvgIpc) is 2.91. The largest absolute Gasteiger partial charge is 0.371 e. The predicted octanol–water partition coefficient (Wildman–Crippen LogP) is 1.87. The minimum Gasteiger partial charge on any atom is -0.371 e. The van der Waals surface area contributed by atoms with E-state index in [-0.39, 0.29) is 0 Å². The standard InChI is InChI=1S/C13H16N2.NO3/c1-2-6-11-10(4-1)5-3-7-12(11)13-14-8-9-15-13;2-1(3)4/h1-2,4,6,12H,3,5,7-9H2,(H,14,15);/q;-1. The van der Waals surface area contributed by atoms with Crippen molar-refractivity contribution in [2.75, 3.05) is 13.1 Å². The second-order valence-corrected chi connectivity index (χ2v) is 4.56.